The Labute approximate surface area is 203 Å². The molecule has 3 aromatic carbocycles. The van der Waals surface area contributed by atoms with Crippen molar-refractivity contribution >= 4 is 0 Å². The van der Waals surface area contributed by atoms with Crippen LogP contribution in [0.4, 0.5) is 0 Å². The molecule has 0 spiro atoms. The van der Waals surface area contributed by atoms with Gasteiger partial charge >= 0.3 is 0 Å². The van der Waals surface area contributed by atoms with E-state index in [1.165, 1.54) is 22.3 Å². The van der Waals surface area contributed by atoms with Crippen molar-refractivity contribution in [1.29, 1.82) is 0 Å². The van der Waals surface area contributed by atoms with Gasteiger partial charge in [-0.05, 0) is 73.5 Å². The van der Waals surface area contributed by atoms with Gasteiger partial charge in [0.1, 0.15) is 5.75 Å². The number of hydrogen-bond acceptors (Lipinski definition) is 5. The van der Waals surface area contributed by atoms with Crippen molar-refractivity contribution in [3.8, 4) is 17.2 Å². The predicted octanol–water partition coefficient (Wildman–Crippen LogP) is 4.88. The van der Waals surface area contributed by atoms with Crippen molar-refractivity contribution in [2.75, 3.05) is 47.5 Å². The Morgan fingerprint density at radius 2 is 1.71 bits per heavy atom. The molecule has 4 rings (SSSR count). The highest BCUT2D eigenvalue weighted by molar-refractivity contribution is 5.52. The molecule has 5 nitrogen and oxygen atoms in total. The van der Waals surface area contributed by atoms with Gasteiger partial charge in [0.15, 0.2) is 11.5 Å². The van der Waals surface area contributed by atoms with E-state index in [2.05, 4.69) is 85.0 Å². The molecule has 1 atom stereocenters. The van der Waals surface area contributed by atoms with Crippen molar-refractivity contribution in [1.82, 2.24) is 10.2 Å². The largest absolute Gasteiger partial charge is 0.493 e. The van der Waals surface area contributed by atoms with Crippen molar-refractivity contribution < 1.29 is 14.2 Å². The van der Waals surface area contributed by atoms with Gasteiger partial charge in [0.05, 0.1) is 26.4 Å². The molecule has 0 aliphatic carbocycles. The molecule has 0 saturated heterocycles. The van der Waals surface area contributed by atoms with Crippen LogP contribution in [0.15, 0.2) is 66.7 Å². The third-order valence-electron chi connectivity index (χ3n) is 6.20. The monoisotopic (exact) mass is 460 g/mol. The molecule has 5 heteroatoms. The van der Waals surface area contributed by atoms with E-state index in [1.807, 2.05) is 6.07 Å². The lowest BCUT2D eigenvalue weighted by Crippen LogP contribution is -2.30. The normalized spacial score (nSPS) is 15.1. The Hall–Kier alpha value is -3.02. The lowest BCUT2D eigenvalue weighted by molar-refractivity contribution is 0.267. The Morgan fingerprint density at radius 1 is 0.912 bits per heavy atom. The average molecular weight is 461 g/mol. The summed E-state index contributed by atoms with van der Waals surface area (Å²) in [7, 11) is 5.87. The highest BCUT2D eigenvalue weighted by Crippen LogP contribution is 2.38. The van der Waals surface area contributed by atoms with Gasteiger partial charge < -0.3 is 24.4 Å². The van der Waals surface area contributed by atoms with Crippen molar-refractivity contribution in [3.63, 3.8) is 0 Å². The fourth-order valence-electron chi connectivity index (χ4n) is 4.38. The summed E-state index contributed by atoms with van der Waals surface area (Å²) in [5.74, 6) is 2.52. The summed E-state index contributed by atoms with van der Waals surface area (Å²) in [5, 5.41) is 3.68. The van der Waals surface area contributed by atoms with Gasteiger partial charge in [-0.2, -0.15) is 0 Å². The molecule has 1 N–H and O–H groups in total. The molecule has 1 aliphatic rings. The number of nitrogens with zero attached hydrogens (tertiary/aromatic N) is 1. The topological polar surface area (TPSA) is 43.0 Å². The summed E-state index contributed by atoms with van der Waals surface area (Å²) in [4.78, 5) is 2.17. The molecule has 180 valence electrons. The number of methoxy groups -OCH3 is 1. The van der Waals surface area contributed by atoms with Crippen LogP contribution in [0.2, 0.25) is 0 Å². The third-order valence-corrected chi connectivity index (χ3v) is 6.20. The van der Waals surface area contributed by atoms with Crippen LogP contribution in [0.1, 0.15) is 34.7 Å². The van der Waals surface area contributed by atoms with E-state index in [-0.39, 0.29) is 6.04 Å². The minimum Gasteiger partial charge on any atom is -0.493 e. The maximum Gasteiger partial charge on any atom is 0.161 e. The van der Waals surface area contributed by atoms with Crippen LogP contribution in [-0.2, 0) is 12.8 Å². The highest BCUT2D eigenvalue weighted by Gasteiger charge is 2.24. The molecule has 34 heavy (non-hydrogen) atoms. The number of fused-ring (bicyclic) bond motifs is 1. The minimum absolute atomic E-state index is 0.122. The molecule has 0 aromatic heterocycles. The van der Waals surface area contributed by atoms with Crippen LogP contribution in [0.5, 0.6) is 17.2 Å². The number of benzene rings is 3. The third kappa shape index (κ3) is 6.31. The standard InChI is InChI=1S/C29H36N2O3/c1-31(2)17-7-18-34-28-21-26-24(20-27(28)32-3)14-16-30-29(26)23-10-12-25(13-11-23)33-19-15-22-8-5-4-6-9-22/h4-6,8-13,20-21,29-30H,7,14-19H2,1-3H3. The van der Waals surface area contributed by atoms with E-state index in [9.17, 15) is 0 Å². The summed E-state index contributed by atoms with van der Waals surface area (Å²) in [6, 6.07) is 23.3. The zero-order valence-corrected chi connectivity index (χ0v) is 20.5. The van der Waals surface area contributed by atoms with Gasteiger partial charge in [-0.1, -0.05) is 42.5 Å². The van der Waals surface area contributed by atoms with Crippen LogP contribution in [-0.4, -0.2) is 52.4 Å². The first-order valence-electron chi connectivity index (χ1n) is 12.1. The van der Waals surface area contributed by atoms with Crippen molar-refractivity contribution in [2.45, 2.75) is 25.3 Å². The second-order valence-corrected chi connectivity index (χ2v) is 9.00. The zero-order chi connectivity index (χ0) is 23.8. The summed E-state index contributed by atoms with van der Waals surface area (Å²) in [6.07, 6.45) is 2.85. The molecule has 3 aromatic rings. The molecule has 0 fully saturated rings. The molecule has 0 saturated carbocycles. The second kappa shape index (κ2) is 11.9. The fourth-order valence-corrected chi connectivity index (χ4v) is 4.38. The molecule has 1 aliphatic heterocycles. The Balaban J connectivity index is 1.44. The first kappa shape index (κ1) is 24.1. The van der Waals surface area contributed by atoms with Crippen molar-refractivity contribution in [2.24, 2.45) is 0 Å². The van der Waals surface area contributed by atoms with Gasteiger partial charge in [0.25, 0.3) is 0 Å². The molecule has 0 radical (unpaired) electrons. The van der Waals surface area contributed by atoms with Crippen molar-refractivity contribution in [3.05, 3.63) is 89.0 Å². The van der Waals surface area contributed by atoms with Crippen LogP contribution in [0.25, 0.3) is 0 Å². The summed E-state index contributed by atoms with van der Waals surface area (Å²) in [5.41, 5.74) is 5.08. The smallest absolute Gasteiger partial charge is 0.161 e. The molecule has 0 bridgehead atoms. The lowest BCUT2D eigenvalue weighted by atomic mass is 9.89. The van der Waals surface area contributed by atoms with E-state index >= 15 is 0 Å². The number of rotatable bonds is 11. The summed E-state index contributed by atoms with van der Waals surface area (Å²) < 4.78 is 17.8. The second-order valence-electron chi connectivity index (χ2n) is 9.00. The maximum atomic E-state index is 6.13. The van der Waals surface area contributed by atoms with E-state index in [4.69, 9.17) is 14.2 Å². The fraction of sp³-hybridized carbons (Fsp3) is 0.379. The van der Waals surface area contributed by atoms with E-state index in [1.54, 1.807) is 7.11 Å². The van der Waals surface area contributed by atoms with Crippen LogP contribution < -0.4 is 19.5 Å². The number of nitrogens with one attached hydrogen (secondary N) is 1. The van der Waals surface area contributed by atoms with E-state index in [0.717, 1.165) is 49.6 Å². The van der Waals surface area contributed by atoms with Gasteiger partial charge in [0.2, 0.25) is 0 Å². The van der Waals surface area contributed by atoms with Gasteiger partial charge in [0, 0.05) is 19.5 Å². The molecule has 1 unspecified atom stereocenters. The van der Waals surface area contributed by atoms with E-state index in [0.29, 0.717) is 13.2 Å². The Bertz CT molecular complexity index is 1040. The average Bonchev–Trinajstić information content (AvgIpc) is 2.87. The molecule has 1 heterocycles. The maximum absolute atomic E-state index is 6.13. The van der Waals surface area contributed by atoms with Crippen LogP contribution in [0, 0.1) is 0 Å². The van der Waals surface area contributed by atoms with Crippen LogP contribution >= 0.6 is 0 Å². The predicted molar refractivity (Wildman–Crippen MR) is 137 cm³/mol. The minimum atomic E-state index is 0.122. The first-order chi connectivity index (χ1) is 16.6. The number of hydrogen-bond donors (Lipinski definition) is 1. The number of ether oxygens (including phenoxy) is 3. The summed E-state index contributed by atoms with van der Waals surface area (Å²) >= 11 is 0. The van der Waals surface area contributed by atoms with Gasteiger partial charge in [-0.15, -0.1) is 0 Å². The Morgan fingerprint density at radius 3 is 2.44 bits per heavy atom. The molecular formula is C29H36N2O3. The molecule has 0 amide bonds. The lowest BCUT2D eigenvalue weighted by Gasteiger charge is -2.29. The molecular weight excluding hydrogens is 424 g/mol. The van der Waals surface area contributed by atoms with Crippen LogP contribution in [0.3, 0.4) is 0 Å². The Kier molecular flexibility index (Phi) is 8.45. The van der Waals surface area contributed by atoms with Gasteiger partial charge in [-0.3, -0.25) is 0 Å². The van der Waals surface area contributed by atoms with E-state index < -0.39 is 0 Å². The van der Waals surface area contributed by atoms with Gasteiger partial charge in [-0.25, -0.2) is 0 Å². The first-order valence-corrected chi connectivity index (χ1v) is 12.1. The SMILES string of the molecule is COc1cc2c(cc1OCCCN(C)C)C(c1ccc(OCCc3ccccc3)cc1)NCC2. The highest BCUT2D eigenvalue weighted by atomic mass is 16.5. The quantitative estimate of drug-likeness (QED) is 0.413. The zero-order valence-electron chi connectivity index (χ0n) is 20.5. The summed E-state index contributed by atoms with van der Waals surface area (Å²) in [6.45, 7) is 3.26.